The van der Waals surface area contributed by atoms with Gasteiger partial charge in [-0.15, -0.1) is 0 Å². The number of halogens is 3. The quantitative estimate of drug-likeness (QED) is 0.604. The number of carboxylic acid groups (broad SMARTS) is 1. The molecule has 2 saturated heterocycles. The fraction of sp³-hybridized carbons (Fsp3) is 0.714. The number of thiophene rings is 1. The summed E-state index contributed by atoms with van der Waals surface area (Å²) < 4.78 is 43.6. The first kappa shape index (κ1) is 26.6. The van der Waals surface area contributed by atoms with Crippen LogP contribution in [0.15, 0.2) is 16.8 Å². The second kappa shape index (κ2) is 12.0. The van der Waals surface area contributed by atoms with Crippen molar-refractivity contribution < 1.29 is 37.3 Å². The molecule has 3 rings (SSSR count). The zero-order chi connectivity index (χ0) is 23.8. The van der Waals surface area contributed by atoms with Crippen molar-refractivity contribution in [2.24, 2.45) is 5.92 Å². The van der Waals surface area contributed by atoms with Gasteiger partial charge >= 0.3 is 12.1 Å². The topological polar surface area (TPSA) is 79.3 Å². The Kier molecular flexibility index (Phi) is 9.93. The van der Waals surface area contributed by atoms with Gasteiger partial charge in [0.05, 0.1) is 5.60 Å². The van der Waals surface area contributed by atoms with Gasteiger partial charge in [-0.1, -0.05) is 0 Å². The summed E-state index contributed by atoms with van der Waals surface area (Å²) in [7, 11) is 3.52. The van der Waals surface area contributed by atoms with E-state index >= 15 is 0 Å². The van der Waals surface area contributed by atoms with E-state index in [1.54, 1.807) is 30.3 Å². The third-order valence-corrected chi connectivity index (χ3v) is 6.60. The number of amides is 1. The van der Waals surface area contributed by atoms with Crippen LogP contribution in [-0.4, -0.2) is 85.6 Å². The summed E-state index contributed by atoms with van der Waals surface area (Å²) in [6, 6.07) is 2.22. The van der Waals surface area contributed by atoms with Gasteiger partial charge < -0.3 is 19.5 Å². The molecule has 11 heteroatoms. The number of carboxylic acids is 1. The standard InChI is InChI=1S/C19H30N2O3S.C2HF3O2/c1-20(2)18(22)14-23-10-3-17-4-11-24-19(17)6-8-21(9-7-19)13-16-5-12-25-15-16;3-2(4,5)1(6)7/h5,12,15,17H,3-4,6-11,13-14H2,1-2H3;(H,6,7). The Morgan fingerprint density at radius 1 is 1.34 bits per heavy atom. The summed E-state index contributed by atoms with van der Waals surface area (Å²) in [5, 5.41) is 11.5. The number of carbonyl (C=O) groups is 2. The van der Waals surface area contributed by atoms with Gasteiger partial charge in [0.1, 0.15) is 6.61 Å². The Bertz CT molecular complexity index is 720. The minimum atomic E-state index is -5.08. The van der Waals surface area contributed by atoms with Gasteiger partial charge in [-0.2, -0.15) is 24.5 Å². The molecule has 1 unspecified atom stereocenters. The maximum Gasteiger partial charge on any atom is 0.490 e. The third-order valence-electron chi connectivity index (χ3n) is 5.87. The van der Waals surface area contributed by atoms with E-state index in [9.17, 15) is 18.0 Å². The van der Waals surface area contributed by atoms with Crippen LogP contribution in [0.4, 0.5) is 13.2 Å². The van der Waals surface area contributed by atoms with Crippen LogP contribution >= 0.6 is 11.3 Å². The van der Waals surface area contributed by atoms with E-state index in [-0.39, 0.29) is 18.1 Å². The Morgan fingerprint density at radius 2 is 2.00 bits per heavy atom. The maximum absolute atomic E-state index is 11.6. The highest BCUT2D eigenvalue weighted by Crippen LogP contribution is 2.42. The fourth-order valence-electron chi connectivity index (χ4n) is 3.99. The molecule has 1 aromatic heterocycles. The van der Waals surface area contributed by atoms with E-state index in [0.717, 1.165) is 51.9 Å². The number of nitrogens with zero attached hydrogens (tertiary/aromatic N) is 2. The summed E-state index contributed by atoms with van der Waals surface area (Å²) in [4.78, 5) is 24.6. The molecule has 3 heterocycles. The van der Waals surface area contributed by atoms with E-state index in [4.69, 9.17) is 19.4 Å². The van der Waals surface area contributed by atoms with Crippen LogP contribution in [0, 0.1) is 5.92 Å². The Morgan fingerprint density at radius 3 is 2.53 bits per heavy atom. The molecule has 2 aliphatic heterocycles. The number of likely N-dealkylation sites (tertiary alicyclic amines) is 1. The van der Waals surface area contributed by atoms with Crippen molar-refractivity contribution in [3.8, 4) is 0 Å². The smallest absolute Gasteiger partial charge is 0.475 e. The highest BCUT2D eigenvalue weighted by Gasteiger charge is 2.45. The van der Waals surface area contributed by atoms with Crippen LogP contribution in [0.3, 0.4) is 0 Å². The number of aliphatic carboxylic acids is 1. The van der Waals surface area contributed by atoms with Gasteiger partial charge in [0.25, 0.3) is 0 Å². The van der Waals surface area contributed by atoms with Crippen LogP contribution in [0.25, 0.3) is 0 Å². The summed E-state index contributed by atoms with van der Waals surface area (Å²) in [6.45, 7) is 4.96. The van der Waals surface area contributed by atoms with Crippen molar-refractivity contribution >= 4 is 23.2 Å². The average molecular weight is 481 g/mol. The van der Waals surface area contributed by atoms with Gasteiger partial charge in [-0.3, -0.25) is 9.69 Å². The van der Waals surface area contributed by atoms with Gasteiger partial charge in [0.2, 0.25) is 5.91 Å². The summed E-state index contributed by atoms with van der Waals surface area (Å²) >= 11 is 1.77. The Labute approximate surface area is 190 Å². The Hall–Kier alpha value is -1.69. The normalized spacial score (nSPS) is 20.6. The number of ether oxygens (including phenoxy) is 2. The van der Waals surface area contributed by atoms with E-state index < -0.39 is 12.1 Å². The molecule has 1 N–H and O–H groups in total. The minimum Gasteiger partial charge on any atom is -0.475 e. The average Bonchev–Trinajstić information content (AvgIpc) is 3.37. The molecule has 0 aromatic carbocycles. The van der Waals surface area contributed by atoms with Crippen molar-refractivity contribution in [3.05, 3.63) is 22.4 Å². The summed E-state index contributed by atoms with van der Waals surface area (Å²) in [5.41, 5.74) is 1.46. The summed E-state index contributed by atoms with van der Waals surface area (Å²) in [6.07, 6.45) is -0.752. The molecule has 2 aliphatic rings. The zero-order valence-electron chi connectivity index (χ0n) is 18.4. The SMILES string of the molecule is CN(C)C(=O)COCCC1CCOC12CCN(Cc1ccsc1)CC2.O=C(O)C(F)(F)F. The maximum atomic E-state index is 11.6. The van der Waals surface area contributed by atoms with Crippen molar-refractivity contribution in [3.63, 3.8) is 0 Å². The van der Waals surface area contributed by atoms with Crippen LogP contribution < -0.4 is 0 Å². The van der Waals surface area contributed by atoms with Gasteiger partial charge in [-0.05, 0) is 54.0 Å². The molecule has 1 aromatic rings. The van der Waals surface area contributed by atoms with Gasteiger partial charge in [-0.25, -0.2) is 4.79 Å². The van der Waals surface area contributed by atoms with E-state index in [0.29, 0.717) is 12.5 Å². The van der Waals surface area contributed by atoms with Crippen molar-refractivity contribution in [2.45, 2.75) is 44.0 Å². The lowest BCUT2D eigenvalue weighted by molar-refractivity contribution is -0.192. The summed E-state index contributed by atoms with van der Waals surface area (Å²) in [5.74, 6) is -2.17. The molecule has 32 heavy (non-hydrogen) atoms. The highest BCUT2D eigenvalue weighted by molar-refractivity contribution is 7.07. The van der Waals surface area contributed by atoms with Gasteiger partial charge in [0.15, 0.2) is 0 Å². The van der Waals surface area contributed by atoms with Crippen LogP contribution in [0.1, 0.15) is 31.2 Å². The van der Waals surface area contributed by atoms with Crippen molar-refractivity contribution in [1.29, 1.82) is 0 Å². The molecular weight excluding hydrogens is 449 g/mol. The minimum absolute atomic E-state index is 0.0270. The van der Waals surface area contributed by atoms with Crippen LogP contribution in [-0.2, 0) is 25.6 Å². The second-order valence-electron chi connectivity index (χ2n) is 8.24. The third kappa shape index (κ3) is 8.02. The molecule has 0 bridgehead atoms. The number of carbonyl (C=O) groups excluding carboxylic acids is 1. The number of hydrogen-bond acceptors (Lipinski definition) is 6. The molecule has 0 radical (unpaired) electrons. The molecule has 0 aliphatic carbocycles. The van der Waals surface area contributed by atoms with Gasteiger partial charge in [0, 0.05) is 46.9 Å². The first-order chi connectivity index (χ1) is 15.0. The lowest BCUT2D eigenvalue weighted by atomic mass is 9.78. The molecule has 2 fully saturated rings. The first-order valence-corrected chi connectivity index (χ1v) is 11.4. The van der Waals surface area contributed by atoms with E-state index in [2.05, 4.69) is 21.7 Å². The number of alkyl halides is 3. The lowest BCUT2D eigenvalue weighted by Crippen LogP contribution is -2.47. The van der Waals surface area contributed by atoms with E-state index in [1.165, 1.54) is 5.56 Å². The lowest BCUT2D eigenvalue weighted by Gasteiger charge is -2.42. The molecular formula is C21H31F3N2O5S. The number of piperidine rings is 1. The molecule has 1 spiro atoms. The number of likely N-dealkylation sites (N-methyl/N-ethyl adjacent to an activating group) is 1. The molecule has 1 atom stereocenters. The number of hydrogen-bond donors (Lipinski definition) is 1. The molecule has 1 amide bonds. The van der Waals surface area contributed by atoms with E-state index in [1.807, 2.05) is 0 Å². The highest BCUT2D eigenvalue weighted by atomic mass is 32.1. The van der Waals surface area contributed by atoms with Crippen molar-refractivity contribution in [2.75, 3.05) is 47.0 Å². The van der Waals surface area contributed by atoms with Crippen LogP contribution in [0.5, 0.6) is 0 Å². The fourth-order valence-corrected chi connectivity index (χ4v) is 4.65. The first-order valence-electron chi connectivity index (χ1n) is 10.5. The Balaban J connectivity index is 0.000000451. The zero-order valence-corrected chi connectivity index (χ0v) is 19.2. The number of rotatable bonds is 7. The largest absolute Gasteiger partial charge is 0.490 e. The predicted molar refractivity (Wildman–Crippen MR) is 113 cm³/mol. The van der Waals surface area contributed by atoms with Crippen LogP contribution in [0.2, 0.25) is 0 Å². The monoisotopic (exact) mass is 480 g/mol. The van der Waals surface area contributed by atoms with Crippen molar-refractivity contribution in [1.82, 2.24) is 9.80 Å². The molecule has 7 nitrogen and oxygen atoms in total. The molecule has 0 saturated carbocycles. The molecule has 182 valence electrons. The predicted octanol–water partition coefficient (Wildman–Crippen LogP) is 3.25. The second-order valence-corrected chi connectivity index (χ2v) is 9.02.